The zero-order valence-corrected chi connectivity index (χ0v) is 13.9. The lowest BCUT2D eigenvalue weighted by molar-refractivity contribution is -0.140. The minimum absolute atomic E-state index is 0.129. The summed E-state index contributed by atoms with van der Waals surface area (Å²) in [4.78, 5) is 36.0. The van der Waals surface area contributed by atoms with Crippen LogP contribution in [0.4, 0.5) is 0 Å². The van der Waals surface area contributed by atoms with Crippen LogP contribution in [0.15, 0.2) is 18.2 Å². The van der Waals surface area contributed by atoms with Crippen molar-refractivity contribution in [3.05, 3.63) is 29.6 Å². The highest BCUT2D eigenvalue weighted by Crippen LogP contribution is 2.31. The van der Waals surface area contributed by atoms with Gasteiger partial charge in [0.2, 0.25) is 11.8 Å². The Morgan fingerprint density at radius 1 is 1.17 bits per heavy atom. The Kier molecular flexibility index (Phi) is 3.75. The molecule has 2 amide bonds. The first-order valence-corrected chi connectivity index (χ1v) is 8.62. The first kappa shape index (κ1) is 15.2. The number of aryl methyl sites for hydroxylation is 1. The Morgan fingerprint density at radius 2 is 1.88 bits per heavy atom. The molecular formula is C18H22N4O2. The van der Waals surface area contributed by atoms with Crippen LogP contribution in [0.25, 0.3) is 11.0 Å². The summed E-state index contributed by atoms with van der Waals surface area (Å²) >= 11 is 0. The van der Waals surface area contributed by atoms with Gasteiger partial charge in [-0.15, -0.1) is 0 Å². The number of amides is 2. The molecule has 2 heterocycles. The summed E-state index contributed by atoms with van der Waals surface area (Å²) in [7, 11) is 0. The monoisotopic (exact) mass is 326 g/mol. The molecule has 4 rings (SSSR count). The Labute approximate surface area is 140 Å². The van der Waals surface area contributed by atoms with Crippen molar-refractivity contribution in [1.82, 2.24) is 19.8 Å². The number of nitrogens with zero attached hydrogens (tertiary/aromatic N) is 3. The summed E-state index contributed by atoms with van der Waals surface area (Å²) in [6.45, 7) is 4.54. The molecule has 126 valence electrons. The number of aromatic amines is 1. The minimum Gasteiger partial charge on any atom is -0.342 e. The van der Waals surface area contributed by atoms with Crippen LogP contribution in [-0.4, -0.2) is 57.8 Å². The summed E-state index contributed by atoms with van der Waals surface area (Å²) in [6.07, 6.45) is 2.46. The van der Waals surface area contributed by atoms with Crippen LogP contribution in [-0.2, 0) is 16.0 Å². The number of hydrogen-bond donors (Lipinski definition) is 1. The van der Waals surface area contributed by atoms with E-state index in [2.05, 4.69) is 9.97 Å². The first-order valence-electron chi connectivity index (χ1n) is 8.62. The molecule has 0 unspecified atom stereocenters. The van der Waals surface area contributed by atoms with Gasteiger partial charge in [-0.2, -0.15) is 0 Å². The molecule has 1 aliphatic heterocycles. The molecule has 2 aromatic rings. The molecule has 1 saturated heterocycles. The van der Waals surface area contributed by atoms with Crippen molar-refractivity contribution in [2.24, 2.45) is 5.92 Å². The highest BCUT2D eigenvalue weighted by molar-refractivity contribution is 5.83. The third-order valence-corrected chi connectivity index (χ3v) is 4.89. The molecular weight excluding hydrogens is 304 g/mol. The smallest absolute Gasteiger partial charge is 0.227 e. The van der Waals surface area contributed by atoms with E-state index in [9.17, 15) is 9.59 Å². The van der Waals surface area contributed by atoms with Gasteiger partial charge in [0.05, 0.1) is 17.5 Å². The highest BCUT2D eigenvalue weighted by Gasteiger charge is 2.35. The molecule has 0 radical (unpaired) electrons. The van der Waals surface area contributed by atoms with Gasteiger partial charge in [-0.3, -0.25) is 9.59 Å². The quantitative estimate of drug-likeness (QED) is 0.929. The van der Waals surface area contributed by atoms with Crippen LogP contribution in [0.2, 0.25) is 0 Å². The second-order valence-electron chi connectivity index (χ2n) is 6.83. The van der Waals surface area contributed by atoms with Gasteiger partial charge in [0.25, 0.3) is 0 Å². The second kappa shape index (κ2) is 5.92. The average molecular weight is 326 g/mol. The zero-order valence-electron chi connectivity index (χ0n) is 13.9. The lowest BCUT2D eigenvalue weighted by Crippen LogP contribution is -2.51. The number of imidazole rings is 1. The standard InChI is InChI=1S/C18H22N4O2/c1-12-19-15-5-2-13(10-16(15)20-12)11-17(23)21-6-8-22(9-7-21)18(24)14-3-4-14/h2,5,10,14H,3-4,6-9,11H2,1H3,(H,19,20). The Bertz CT molecular complexity index is 785. The van der Waals surface area contributed by atoms with E-state index in [0.717, 1.165) is 35.3 Å². The highest BCUT2D eigenvalue weighted by atomic mass is 16.2. The Morgan fingerprint density at radius 3 is 2.58 bits per heavy atom. The van der Waals surface area contributed by atoms with Crippen molar-refractivity contribution >= 4 is 22.8 Å². The molecule has 1 saturated carbocycles. The largest absolute Gasteiger partial charge is 0.342 e. The maximum Gasteiger partial charge on any atom is 0.227 e. The number of fused-ring (bicyclic) bond motifs is 1. The van der Waals surface area contributed by atoms with E-state index < -0.39 is 0 Å². The number of H-pyrrole nitrogens is 1. The Hall–Kier alpha value is -2.37. The van der Waals surface area contributed by atoms with E-state index in [1.54, 1.807) is 0 Å². The van der Waals surface area contributed by atoms with Crippen LogP contribution < -0.4 is 0 Å². The topological polar surface area (TPSA) is 69.3 Å². The molecule has 0 bridgehead atoms. The van der Waals surface area contributed by atoms with Gasteiger partial charge in [-0.1, -0.05) is 6.07 Å². The predicted molar refractivity (Wildman–Crippen MR) is 90.4 cm³/mol. The van der Waals surface area contributed by atoms with Crippen LogP contribution in [0, 0.1) is 12.8 Å². The number of nitrogens with one attached hydrogen (secondary N) is 1. The fraction of sp³-hybridized carbons (Fsp3) is 0.500. The molecule has 0 spiro atoms. The number of carbonyl (C=O) groups is 2. The van der Waals surface area contributed by atoms with E-state index in [1.165, 1.54) is 0 Å². The van der Waals surface area contributed by atoms with E-state index in [0.29, 0.717) is 32.6 Å². The fourth-order valence-corrected chi connectivity index (χ4v) is 3.35. The van der Waals surface area contributed by atoms with Crippen molar-refractivity contribution < 1.29 is 9.59 Å². The van der Waals surface area contributed by atoms with Gasteiger partial charge >= 0.3 is 0 Å². The molecule has 1 N–H and O–H groups in total. The maximum atomic E-state index is 12.5. The zero-order chi connectivity index (χ0) is 16.7. The van der Waals surface area contributed by atoms with Crippen molar-refractivity contribution in [2.75, 3.05) is 26.2 Å². The number of carbonyl (C=O) groups excluding carboxylic acids is 2. The number of aromatic nitrogens is 2. The van der Waals surface area contributed by atoms with Gasteiger partial charge in [0, 0.05) is 32.1 Å². The van der Waals surface area contributed by atoms with Crippen molar-refractivity contribution in [3.8, 4) is 0 Å². The van der Waals surface area contributed by atoms with E-state index in [1.807, 2.05) is 34.9 Å². The second-order valence-corrected chi connectivity index (χ2v) is 6.83. The minimum atomic E-state index is 0.129. The number of benzene rings is 1. The number of rotatable bonds is 3. The fourth-order valence-electron chi connectivity index (χ4n) is 3.35. The van der Waals surface area contributed by atoms with Crippen LogP contribution >= 0.6 is 0 Å². The van der Waals surface area contributed by atoms with Gasteiger partial charge in [0.15, 0.2) is 0 Å². The molecule has 1 aliphatic carbocycles. The van der Waals surface area contributed by atoms with Gasteiger partial charge in [-0.05, 0) is 37.5 Å². The molecule has 2 fully saturated rings. The van der Waals surface area contributed by atoms with Crippen LogP contribution in [0.1, 0.15) is 24.2 Å². The van der Waals surface area contributed by atoms with E-state index in [4.69, 9.17) is 0 Å². The maximum absolute atomic E-state index is 12.5. The molecule has 1 aromatic carbocycles. The predicted octanol–water partition coefficient (Wildman–Crippen LogP) is 1.49. The van der Waals surface area contributed by atoms with Crippen LogP contribution in [0.5, 0.6) is 0 Å². The summed E-state index contributed by atoms with van der Waals surface area (Å²) in [5, 5.41) is 0. The van der Waals surface area contributed by atoms with Crippen molar-refractivity contribution in [1.29, 1.82) is 0 Å². The van der Waals surface area contributed by atoms with E-state index in [-0.39, 0.29) is 17.7 Å². The lowest BCUT2D eigenvalue weighted by Gasteiger charge is -2.35. The summed E-state index contributed by atoms with van der Waals surface area (Å²) < 4.78 is 0. The molecule has 24 heavy (non-hydrogen) atoms. The van der Waals surface area contributed by atoms with Gasteiger partial charge in [0.1, 0.15) is 5.82 Å². The third-order valence-electron chi connectivity index (χ3n) is 4.89. The number of piperazine rings is 1. The molecule has 1 aromatic heterocycles. The summed E-state index contributed by atoms with van der Waals surface area (Å²) in [5.74, 6) is 1.55. The third kappa shape index (κ3) is 3.00. The summed E-state index contributed by atoms with van der Waals surface area (Å²) in [5.41, 5.74) is 2.89. The Balaban J connectivity index is 1.36. The van der Waals surface area contributed by atoms with Crippen LogP contribution in [0.3, 0.4) is 0 Å². The molecule has 2 aliphatic rings. The average Bonchev–Trinajstić information content (AvgIpc) is 3.36. The molecule has 0 atom stereocenters. The molecule has 6 nitrogen and oxygen atoms in total. The van der Waals surface area contributed by atoms with Crippen molar-refractivity contribution in [3.63, 3.8) is 0 Å². The van der Waals surface area contributed by atoms with Crippen molar-refractivity contribution in [2.45, 2.75) is 26.2 Å². The lowest BCUT2D eigenvalue weighted by atomic mass is 10.1. The number of hydrogen-bond acceptors (Lipinski definition) is 3. The SMILES string of the molecule is Cc1nc2ccc(CC(=O)N3CCN(C(=O)C4CC4)CC3)cc2[nH]1. The summed E-state index contributed by atoms with van der Waals surface area (Å²) in [6, 6.07) is 5.92. The van der Waals surface area contributed by atoms with E-state index >= 15 is 0 Å². The first-order chi connectivity index (χ1) is 11.6. The molecule has 6 heteroatoms. The normalized spacial score (nSPS) is 18.2. The van der Waals surface area contributed by atoms with Gasteiger partial charge < -0.3 is 14.8 Å². The van der Waals surface area contributed by atoms with Gasteiger partial charge in [-0.25, -0.2) is 4.98 Å².